The van der Waals surface area contributed by atoms with Crippen molar-refractivity contribution in [3.05, 3.63) is 46.6 Å². The third kappa shape index (κ3) is 5.16. The van der Waals surface area contributed by atoms with Crippen LogP contribution in [-0.4, -0.2) is 36.9 Å². The minimum absolute atomic E-state index is 0.168. The van der Waals surface area contributed by atoms with Gasteiger partial charge in [-0.05, 0) is 23.8 Å². The zero-order chi connectivity index (χ0) is 19.4. The zero-order valence-electron chi connectivity index (χ0n) is 13.8. The molecule has 0 fully saturated rings. The summed E-state index contributed by atoms with van der Waals surface area (Å²) in [5.74, 6) is 0.306. The van der Waals surface area contributed by atoms with Crippen LogP contribution in [0.15, 0.2) is 30.5 Å². The molecule has 27 heavy (non-hydrogen) atoms. The first-order valence-electron chi connectivity index (χ1n) is 7.83. The van der Waals surface area contributed by atoms with Gasteiger partial charge in [-0.15, -0.1) is 0 Å². The molecular formula is C17H14ClF3N2O4. The molecule has 1 N–H and O–H groups in total. The van der Waals surface area contributed by atoms with Crippen molar-refractivity contribution in [1.29, 1.82) is 0 Å². The molecule has 0 atom stereocenters. The van der Waals surface area contributed by atoms with Crippen LogP contribution < -0.4 is 19.5 Å². The molecular weight excluding hydrogens is 389 g/mol. The molecule has 1 aromatic heterocycles. The molecule has 144 valence electrons. The van der Waals surface area contributed by atoms with Gasteiger partial charge >= 0.3 is 6.18 Å². The van der Waals surface area contributed by atoms with Gasteiger partial charge in [0.1, 0.15) is 13.2 Å². The lowest BCUT2D eigenvalue weighted by Crippen LogP contribution is -2.23. The molecule has 0 aliphatic carbocycles. The van der Waals surface area contributed by atoms with Gasteiger partial charge in [-0.25, -0.2) is 4.98 Å². The third-order valence-electron chi connectivity index (χ3n) is 3.49. The summed E-state index contributed by atoms with van der Waals surface area (Å²) in [6.45, 7) is -0.454. The van der Waals surface area contributed by atoms with Crippen LogP contribution in [-0.2, 0) is 6.54 Å². The van der Waals surface area contributed by atoms with Gasteiger partial charge in [0.2, 0.25) is 5.88 Å². The van der Waals surface area contributed by atoms with Gasteiger partial charge in [0.15, 0.2) is 18.1 Å². The lowest BCUT2D eigenvalue weighted by molar-refractivity contribution is -0.154. The van der Waals surface area contributed by atoms with Gasteiger partial charge in [0.25, 0.3) is 5.91 Å². The smallest absolute Gasteiger partial charge is 0.422 e. The zero-order valence-corrected chi connectivity index (χ0v) is 14.6. The number of nitrogens with zero attached hydrogens (tertiary/aromatic N) is 1. The number of carbonyl (C=O) groups is 1. The number of pyridine rings is 1. The fourth-order valence-corrected chi connectivity index (χ4v) is 2.59. The molecule has 10 heteroatoms. The van der Waals surface area contributed by atoms with Crippen LogP contribution in [0.1, 0.15) is 15.9 Å². The maximum atomic E-state index is 12.2. The average Bonchev–Trinajstić information content (AvgIpc) is 2.64. The number of aromatic nitrogens is 1. The van der Waals surface area contributed by atoms with Crippen molar-refractivity contribution in [1.82, 2.24) is 10.3 Å². The van der Waals surface area contributed by atoms with E-state index in [1.165, 1.54) is 12.1 Å². The maximum absolute atomic E-state index is 12.2. The molecule has 6 nitrogen and oxygen atoms in total. The van der Waals surface area contributed by atoms with E-state index in [-0.39, 0.29) is 18.0 Å². The maximum Gasteiger partial charge on any atom is 0.422 e. The van der Waals surface area contributed by atoms with Gasteiger partial charge in [0.05, 0.1) is 10.6 Å². The second-order valence-electron chi connectivity index (χ2n) is 5.57. The third-order valence-corrected chi connectivity index (χ3v) is 3.77. The summed E-state index contributed by atoms with van der Waals surface area (Å²) in [4.78, 5) is 15.8. The monoisotopic (exact) mass is 402 g/mol. The van der Waals surface area contributed by atoms with Crippen LogP contribution in [0.2, 0.25) is 5.02 Å². The molecule has 0 unspecified atom stereocenters. The Bertz CT molecular complexity index is 828. The van der Waals surface area contributed by atoms with Gasteiger partial charge in [-0.2, -0.15) is 13.2 Å². The molecule has 1 aromatic carbocycles. The summed E-state index contributed by atoms with van der Waals surface area (Å²) in [5.41, 5.74) is 0.883. The highest BCUT2D eigenvalue weighted by molar-refractivity contribution is 6.32. The van der Waals surface area contributed by atoms with Gasteiger partial charge in [0, 0.05) is 18.8 Å². The highest BCUT2D eigenvalue weighted by atomic mass is 35.5. The Labute approximate surface area is 157 Å². The second kappa shape index (κ2) is 7.91. The first-order valence-corrected chi connectivity index (χ1v) is 8.21. The van der Waals surface area contributed by atoms with Crippen molar-refractivity contribution in [2.45, 2.75) is 12.7 Å². The van der Waals surface area contributed by atoms with Crippen LogP contribution >= 0.6 is 11.6 Å². The van der Waals surface area contributed by atoms with Crippen molar-refractivity contribution in [2.24, 2.45) is 0 Å². The number of ether oxygens (including phenoxy) is 3. The molecule has 0 bridgehead atoms. The number of hydrogen-bond acceptors (Lipinski definition) is 5. The van der Waals surface area contributed by atoms with Crippen LogP contribution in [0, 0.1) is 0 Å². The average molecular weight is 403 g/mol. The van der Waals surface area contributed by atoms with Crippen molar-refractivity contribution in [3.63, 3.8) is 0 Å². The molecule has 1 aliphatic rings. The molecule has 2 heterocycles. The van der Waals surface area contributed by atoms with Gasteiger partial charge < -0.3 is 19.5 Å². The van der Waals surface area contributed by atoms with Gasteiger partial charge in [-0.1, -0.05) is 11.6 Å². The van der Waals surface area contributed by atoms with Crippen molar-refractivity contribution >= 4 is 17.5 Å². The fourth-order valence-electron chi connectivity index (χ4n) is 2.31. The Morgan fingerprint density at radius 2 is 2.04 bits per heavy atom. The van der Waals surface area contributed by atoms with E-state index >= 15 is 0 Å². The summed E-state index contributed by atoms with van der Waals surface area (Å²) in [6.07, 6.45) is -3.32. The van der Waals surface area contributed by atoms with E-state index in [4.69, 9.17) is 21.1 Å². The molecule has 1 aliphatic heterocycles. The predicted molar refractivity (Wildman–Crippen MR) is 89.4 cm³/mol. The summed E-state index contributed by atoms with van der Waals surface area (Å²) in [5, 5.41) is 3.05. The minimum atomic E-state index is -4.46. The van der Waals surface area contributed by atoms with Gasteiger partial charge in [-0.3, -0.25) is 4.79 Å². The number of benzene rings is 1. The normalized spacial score (nSPS) is 13.2. The largest absolute Gasteiger partial charge is 0.486 e. The van der Waals surface area contributed by atoms with Crippen LogP contribution in [0.5, 0.6) is 17.4 Å². The topological polar surface area (TPSA) is 69.7 Å². The van der Waals surface area contributed by atoms with E-state index in [1.54, 1.807) is 12.1 Å². The Kier molecular flexibility index (Phi) is 5.59. The van der Waals surface area contributed by atoms with Crippen molar-refractivity contribution in [3.8, 4) is 17.4 Å². The Morgan fingerprint density at radius 1 is 1.26 bits per heavy atom. The summed E-state index contributed by atoms with van der Waals surface area (Å²) in [6, 6.07) is 5.89. The highest BCUT2D eigenvalue weighted by Crippen LogP contribution is 2.38. The Balaban J connectivity index is 1.58. The van der Waals surface area contributed by atoms with Crippen LogP contribution in [0.25, 0.3) is 0 Å². The summed E-state index contributed by atoms with van der Waals surface area (Å²) >= 11 is 6.14. The van der Waals surface area contributed by atoms with E-state index in [0.29, 0.717) is 35.3 Å². The fraction of sp³-hybridized carbons (Fsp3) is 0.294. The van der Waals surface area contributed by atoms with Crippen LogP contribution in [0.4, 0.5) is 13.2 Å². The van der Waals surface area contributed by atoms with E-state index in [2.05, 4.69) is 15.0 Å². The standard InChI is InChI=1S/C17H14ClF3N2O4/c18-12-5-10(6-13-15(12)26-4-3-25-13)7-23-16(24)11-1-2-14(22-8-11)27-9-17(19,20)21/h1-2,5-6,8H,3-4,7,9H2,(H,23,24). The van der Waals surface area contributed by atoms with Crippen molar-refractivity contribution < 1.29 is 32.2 Å². The number of alkyl halides is 3. The summed E-state index contributed by atoms with van der Waals surface area (Å²) in [7, 11) is 0. The predicted octanol–water partition coefficient (Wildman–Crippen LogP) is 3.38. The van der Waals surface area contributed by atoms with E-state index in [9.17, 15) is 18.0 Å². The molecule has 2 aromatic rings. The number of rotatable bonds is 5. The number of carbonyl (C=O) groups excluding carboxylic acids is 1. The first kappa shape index (κ1) is 19.1. The molecule has 0 saturated carbocycles. The lowest BCUT2D eigenvalue weighted by atomic mass is 10.2. The molecule has 0 spiro atoms. The number of nitrogens with one attached hydrogen (secondary N) is 1. The van der Waals surface area contributed by atoms with E-state index < -0.39 is 18.7 Å². The Hall–Kier alpha value is -2.68. The number of halogens is 4. The van der Waals surface area contributed by atoms with E-state index in [0.717, 1.165) is 6.20 Å². The number of fused-ring (bicyclic) bond motifs is 1. The highest BCUT2D eigenvalue weighted by Gasteiger charge is 2.28. The lowest BCUT2D eigenvalue weighted by Gasteiger charge is -2.20. The quantitative estimate of drug-likeness (QED) is 0.830. The van der Waals surface area contributed by atoms with Crippen molar-refractivity contribution in [2.75, 3.05) is 19.8 Å². The molecule has 1 amide bonds. The SMILES string of the molecule is O=C(NCc1cc(Cl)c2c(c1)OCCO2)c1ccc(OCC(F)(F)F)nc1. The summed E-state index contributed by atoms with van der Waals surface area (Å²) < 4.78 is 51.7. The number of amides is 1. The number of hydrogen-bond donors (Lipinski definition) is 1. The molecule has 0 radical (unpaired) electrons. The second-order valence-corrected chi connectivity index (χ2v) is 5.98. The van der Waals surface area contributed by atoms with Crippen LogP contribution in [0.3, 0.4) is 0 Å². The minimum Gasteiger partial charge on any atom is -0.486 e. The molecule has 3 rings (SSSR count). The Morgan fingerprint density at radius 3 is 2.74 bits per heavy atom. The molecule has 0 saturated heterocycles. The first-order chi connectivity index (χ1) is 12.8. The van der Waals surface area contributed by atoms with E-state index in [1.807, 2.05) is 0 Å².